The summed E-state index contributed by atoms with van der Waals surface area (Å²) in [5, 5.41) is 8.50. The minimum atomic E-state index is 0.0450. The number of ether oxygens (including phenoxy) is 3. The maximum absolute atomic E-state index is 8.50. The maximum atomic E-state index is 8.50. The van der Waals surface area contributed by atoms with E-state index in [1.165, 1.54) is 0 Å². The lowest BCUT2D eigenvalue weighted by Crippen LogP contribution is -2.09. The molecule has 0 aliphatic carbocycles. The van der Waals surface area contributed by atoms with E-state index >= 15 is 0 Å². The fourth-order valence-electron chi connectivity index (χ4n) is 1.28. The average molecular weight is 226 g/mol. The van der Waals surface area contributed by atoms with Gasteiger partial charge in [0.25, 0.3) is 0 Å². The number of aliphatic hydroxyl groups excluding tert-OH is 1. The Labute approximate surface area is 95.8 Å². The molecule has 1 aromatic rings. The van der Waals surface area contributed by atoms with E-state index in [9.17, 15) is 0 Å². The van der Waals surface area contributed by atoms with E-state index in [0.717, 1.165) is 11.3 Å². The minimum absolute atomic E-state index is 0.0450. The van der Waals surface area contributed by atoms with Gasteiger partial charge < -0.3 is 19.3 Å². The Morgan fingerprint density at radius 3 is 2.81 bits per heavy atom. The smallest absolute Gasteiger partial charge is 0.119 e. The van der Waals surface area contributed by atoms with Crippen LogP contribution in [0.15, 0.2) is 24.3 Å². The molecule has 0 aliphatic rings. The zero-order valence-electron chi connectivity index (χ0n) is 9.52. The molecule has 4 heteroatoms. The summed E-state index contributed by atoms with van der Waals surface area (Å²) in [6.07, 6.45) is 0. The first-order chi connectivity index (χ1) is 7.86. The summed E-state index contributed by atoms with van der Waals surface area (Å²) in [4.78, 5) is 0. The molecule has 0 bridgehead atoms. The van der Waals surface area contributed by atoms with E-state index in [-0.39, 0.29) is 6.61 Å². The number of hydrogen-bond donors (Lipinski definition) is 1. The van der Waals surface area contributed by atoms with Crippen molar-refractivity contribution in [2.75, 3.05) is 33.5 Å². The van der Waals surface area contributed by atoms with Crippen LogP contribution in [0.2, 0.25) is 0 Å². The van der Waals surface area contributed by atoms with Crippen LogP contribution in [0, 0.1) is 0 Å². The minimum Gasteiger partial charge on any atom is -0.491 e. The zero-order valence-corrected chi connectivity index (χ0v) is 9.52. The first-order valence-electron chi connectivity index (χ1n) is 5.26. The molecule has 4 nitrogen and oxygen atoms in total. The van der Waals surface area contributed by atoms with Gasteiger partial charge in [-0.2, -0.15) is 0 Å². The van der Waals surface area contributed by atoms with Crippen LogP contribution in [-0.4, -0.2) is 38.6 Å². The van der Waals surface area contributed by atoms with E-state index < -0.39 is 0 Å². The first kappa shape index (κ1) is 13.0. The standard InChI is InChI=1S/C12H18O4/c1-14-10-11-3-2-4-12(9-11)16-8-7-15-6-5-13/h2-4,9,13H,5-8,10H2,1H3. The highest BCUT2D eigenvalue weighted by Gasteiger charge is 1.96. The van der Waals surface area contributed by atoms with Crippen molar-refractivity contribution in [1.82, 2.24) is 0 Å². The Morgan fingerprint density at radius 2 is 2.06 bits per heavy atom. The van der Waals surface area contributed by atoms with Gasteiger partial charge in [-0.1, -0.05) is 12.1 Å². The second kappa shape index (κ2) is 8.10. The van der Waals surface area contributed by atoms with E-state index in [4.69, 9.17) is 19.3 Å². The molecule has 0 unspecified atom stereocenters. The molecule has 0 atom stereocenters. The molecule has 0 amide bonds. The zero-order chi connectivity index (χ0) is 11.6. The van der Waals surface area contributed by atoms with Crippen molar-refractivity contribution in [1.29, 1.82) is 0 Å². The van der Waals surface area contributed by atoms with E-state index in [0.29, 0.717) is 26.4 Å². The van der Waals surface area contributed by atoms with Crippen LogP contribution in [-0.2, 0) is 16.1 Å². The van der Waals surface area contributed by atoms with E-state index in [2.05, 4.69) is 0 Å². The Hall–Kier alpha value is -1.10. The fourth-order valence-corrected chi connectivity index (χ4v) is 1.28. The van der Waals surface area contributed by atoms with Crippen molar-refractivity contribution in [3.63, 3.8) is 0 Å². The van der Waals surface area contributed by atoms with Crippen molar-refractivity contribution >= 4 is 0 Å². The lowest BCUT2D eigenvalue weighted by atomic mass is 10.2. The van der Waals surface area contributed by atoms with Gasteiger partial charge >= 0.3 is 0 Å². The molecule has 0 fully saturated rings. The number of hydrogen-bond acceptors (Lipinski definition) is 4. The Morgan fingerprint density at radius 1 is 1.19 bits per heavy atom. The maximum Gasteiger partial charge on any atom is 0.119 e. The molecule has 1 rings (SSSR count). The third-order valence-electron chi connectivity index (χ3n) is 1.94. The quantitative estimate of drug-likeness (QED) is 0.677. The van der Waals surface area contributed by atoms with Crippen LogP contribution in [0.4, 0.5) is 0 Å². The first-order valence-corrected chi connectivity index (χ1v) is 5.26. The highest BCUT2D eigenvalue weighted by molar-refractivity contribution is 5.28. The number of methoxy groups -OCH3 is 1. The van der Waals surface area contributed by atoms with Crippen molar-refractivity contribution in [3.05, 3.63) is 29.8 Å². The molecule has 0 spiro atoms. The lowest BCUT2D eigenvalue weighted by Gasteiger charge is -2.07. The van der Waals surface area contributed by atoms with Gasteiger partial charge in [-0.05, 0) is 17.7 Å². The summed E-state index contributed by atoms with van der Waals surface area (Å²) in [5.41, 5.74) is 1.08. The molecule has 0 saturated heterocycles. The van der Waals surface area contributed by atoms with Crippen molar-refractivity contribution in [2.24, 2.45) is 0 Å². The number of benzene rings is 1. The second-order valence-electron chi connectivity index (χ2n) is 3.26. The highest BCUT2D eigenvalue weighted by atomic mass is 16.5. The van der Waals surface area contributed by atoms with Gasteiger partial charge in [0.1, 0.15) is 12.4 Å². The van der Waals surface area contributed by atoms with Crippen molar-refractivity contribution in [2.45, 2.75) is 6.61 Å². The second-order valence-corrected chi connectivity index (χ2v) is 3.26. The van der Waals surface area contributed by atoms with Gasteiger partial charge in [-0.15, -0.1) is 0 Å². The molecule has 1 N–H and O–H groups in total. The molecule has 0 aliphatic heterocycles. The van der Waals surface area contributed by atoms with Crippen LogP contribution in [0.25, 0.3) is 0 Å². The Bertz CT molecular complexity index is 288. The van der Waals surface area contributed by atoms with Gasteiger partial charge in [-0.25, -0.2) is 0 Å². The molecular formula is C12H18O4. The molecule has 0 heterocycles. The summed E-state index contributed by atoms with van der Waals surface area (Å²) in [5.74, 6) is 0.808. The molecule has 0 radical (unpaired) electrons. The summed E-state index contributed by atoms with van der Waals surface area (Å²) < 4.78 is 15.6. The Balaban J connectivity index is 2.27. The van der Waals surface area contributed by atoms with E-state index in [1.54, 1.807) is 7.11 Å². The summed E-state index contributed by atoms with van der Waals surface area (Å²) >= 11 is 0. The molecule has 0 aromatic heterocycles. The van der Waals surface area contributed by atoms with Gasteiger partial charge in [0.2, 0.25) is 0 Å². The summed E-state index contributed by atoms with van der Waals surface area (Å²) in [6.45, 7) is 1.94. The van der Waals surface area contributed by atoms with Crippen molar-refractivity contribution in [3.8, 4) is 5.75 Å². The summed E-state index contributed by atoms with van der Waals surface area (Å²) in [6, 6.07) is 7.75. The van der Waals surface area contributed by atoms with Gasteiger partial charge in [0.15, 0.2) is 0 Å². The molecule has 16 heavy (non-hydrogen) atoms. The lowest BCUT2D eigenvalue weighted by molar-refractivity contribution is 0.0704. The van der Waals surface area contributed by atoms with Crippen LogP contribution >= 0.6 is 0 Å². The third-order valence-corrected chi connectivity index (χ3v) is 1.94. The van der Waals surface area contributed by atoms with E-state index in [1.807, 2.05) is 24.3 Å². The molecular weight excluding hydrogens is 208 g/mol. The number of rotatable bonds is 8. The third kappa shape index (κ3) is 5.11. The van der Waals surface area contributed by atoms with Crippen LogP contribution in [0.5, 0.6) is 5.75 Å². The van der Waals surface area contributed by atoms with Gasteiger partial charge in [0.05, 0.1) is 26.4 Å². The van der Waals surface area contributed by atoms with Crippen LogP contribution < -0.4 is 4.74 Å². The average Bonchev–Trinajstić information content (AvgIpc) is 2.30. The number of aliphatic hydroxyl groups is 1. The van der Waals surface area contributed by atoms with Gasteiger partial charge in [0, 0.05) is 7.11 Å². The predicted octanol–water partition coefficient (Wildman–Crippen LogP) is 1.22. The Kier molecular flexibility index (Phi) is 6.56. The largest absolute Gasteiger partial charge is 0.491 e. The normalized spacial score (nSPS) is 10.4. The molecule has 1 aromatic carbocycles. The SMILES string of the molecule is COCc1cccc(OCCOCCO)c1. The fraction of sp³-hybridized carbons (Fsp3) is 0.500. The van der Waals surface area contributed by atoms with Crippen LogP contribution in [0.3, 0.4) is 0 Å². The topological polar surface area (TPSA) is 47.9 Å². The van der Waals surface area contributed by atoms with Crippen molar-refractivity contribution < 1.29 is 19.3 Å². The van der Waals surface area contributed by atoms with Gasteiger partial charge in [-0.3, -0.25) is 0 Å². The predicted molar refractivity (Wildman–Crippen MR) is 60.6 cm³/mol. The molecule has 90 valence electrons. The monoisotopic (exact) mass is 226 g/mol. The molecule has 0 saturated carbocycles. The van der Waals surface area contributed by atoms with Crippen LogP contribution in [0.1, 0.15) is 5.56 Å². The highest BCUT2D eigenvalue weighted by Crippen LogP contribution is 2.13. The summed E-state index contributed by atoms with van der Waals surface area (Å²) in [7, 11) is 1.66.